The highest BCUT2D eigenvalue weighted by Gasteiger charge is 2.52. The lowest BCUT2D eigenvalue weighted by Crippen LogP contribution is -2.66. The monoisotopic (exact) mass is 472 g/mol. The van der Waals surface area contributed by atoms with Gasteiger partial charge < -0.3 is 69.6 Å². The van der Waals surface area contributed by atoms with E-state index in [1.807, 2.05) is 0 Å². The van der Waals surface area contributed by atoms with Crippen LogP contribution in [-0.4, -0.2) is 145 Å². The molecule has 3 heterocycles. The first-order chi connectivity index (χ1) is 15.1. The molecule has 0 radical (unpaired) electrons. The summed E-state index contributed by atoms with van der Waals surface area (Å²) in [5.41, 5.74) is 0. The van der Waals surface area contributed by atoms with Gasteiger partial charge in [-0.15, -0.1) is 0 Å². The van der Waals surface area contributed by atoms with Gasteiger partial charge in [0, 0.05) is 6.42 Å². The second-order valence-corrected chi connectivity index (χ2v) is 8.25. The van der Waals surface area contributed by atoms with Crippen LogP contribution in [0.25, 0.3) is 0 Å². The molecule has 3 rings (SSSR count). The van der Waals surface area contributed by atoms with Gasteiger partial charge in [-0.3, -0.25) is 0 Å². The van der Waals surface area contributed by atoms with Crippen LogP contribution in [0.2, 0.25) is 0 Å². The molecule has 0 aromatic rings. The molecule has 3 aliphatic heterocycles. The van der Waals surface area contributed by atoms with Crippen LogP contribution in [-0.2, 0) is 23.7 Å². The number of ether oxygens (including phenoxy) is 5. The van der Waals surface area contributed by atoms with Crippen LogP contribution in [0.3, 0.4) is 0 Å². The summed E-state index contributed by atoms with van der Waals surface area (Å²) in [4.78, 5) is 0. The number of hydrogen-bond acceptors (Lipinski definition) is 14. The second kappa shape index (κ2) is 10.8. The van der Waals surface area contributed by atoms with E-state index in [1.54, 1.807) is 6.92 Å². The van der Waals surface area contributed by atoms with E-state index < -0.39 is 99.2 Å². The lowest BCUT2D eigenvalue weighted by atomic mass is 9.96. The first kappa shape index (κ1) is 26.1. The fourth-order valence-corrected chi connectivity index (χ4v) is 3.99. The van der Waals surface area contributed by atoms with Gasteiger partial charge in [0.25, 0.3) is 0 Å². The SMILES string of the molecule is C[C@H]1C[C@@H](O)[C@H](O)[C@H](O[C@@H]2[C@@H](O[C@H]3O[C@H](CO)[C@H](O)[C@H](O)[C@H]3O)[C@@H](O)[C@@H](CO)O[C@H]2O)O1. The van der Waals surface area contributed by atoms with Gasteiger partial charge in [0.05, 0.1) is 25.4 Å². The van der Waals surface area contributed by atoms with Crippen molar-refractivity contribution in [1.82, 2.24) is 0 Å². The second-order valence-electron chi connectivity index (χ2n) is 8.25. The molecule has 0 aromatic heterocycles. The highest BCUT2D eigenvalue weighted by Crippen LogP contribution is 2.32. The Morgan fingerprint density at radius 3 is 1.84 bits per heavy atom. The molecule has 0 unspecified atom stereocenters. The fourth-order valence-electron chi connectivity index (χ4n) is 3.99. The van der Waals surface area contributed by atoms with E-state index in [0.29, 0.717) is 0 Å². The summed E-state index contributed by atoms with van der Waals surface area (Å²) in [5.74, 6) is 0. The van der Waals surface area contributed by atoms with Gasteiger partial charge in [0.2, 0.25) is 0 Å². The summed E-state index contributed by atoms with van der Waals surface area (Å²) in [5, 5.41) is 90.1. The minimum absolute atomic E-state index is 0.130. The molecule has 3 fully saturated rings. The Labute approximate surface area is 183 Å². The summed E-state index contributed by atoms with van der Waals surface area (Å²) >= 11 is 0. The molecule has 0 saturated carbocycles. The van der Waals surface area contributed by atoms with Crippen molar-refractivity contribution in [2.24, 2.45) is 0 Å². The lowest BCUT2D eigenvalue weighted by molar-refractivity contribution is -0.382. The minimum Gasteiger partial charge on any atom is -0.394 e. The van der Waals surface area contributed by atoms with Crippen molar-refractivity contribution in [3.05, 3.63) is 0 Å². The molecule has 0 aromatic carbocycles. The third kappa shape index (κ3) is 5.24. The van der Waals surface area contributed by atoms with Crippen LogP contribution < -0.4 is 0 Å². The highest BCUT2D eigenvalue weighted by molar-refractivity contribution is 4.95. The highest BCUT2D eigenvalue weighted by atomic mass is 16.8. The van der Waals surface area contributed by atoms with Crippen LogP contribution in [0.5, 0.6) is 0 Å². The van der Waals surface area contributed by atoms with Crippen LogP contribution in [0.15, 0.2) is 0 Å². The van der Waals surface area contributed by atoms with Gasteiger partial charge >= 0.3 is 0 Å². The smallest absolute Gasteiger partial charge is 0.187 e. The van der Waals surface area contributed by atoms with E-state index in [4.69, 9.17) is 23.7 Å². The van der Waals surface area contributed by atoms with Crippen molar-refractivity contribution in [1.29, 1.82) is 0 Å². The molecule has 0 aliphatic carbocycles. The Hall–Kier alpha value is -0.560. The van der Waals surface area contributed by atoms with E-state index in [9.17, 15) is 46.0 Å². The van der Waals surface area contributed by atoms with Gasteiger partial charge in [0.15, 0.2) is 18.9 Å². The predicted molar refractivity (Wildman–Crippen MR) is 98.5 cm³/mol. The normalized spacial score (nSPS) is 52.7. The third-order valence-electron chi connectivity index (χ3n) is 5.86. The average molecular weight is 472 g/mol. The molecule has 0 spiro atoms. The molecule has 14 heteroatoms. The largest absolute Gasteiger partial charge is 0.394 e. The van der Waals surface area contributed by atoms with Crippen molar-refractivity contribution in [2.75, 3.05) is 13.2 Å². The van der Waals surface area contributed by atoms with Gasteiger partial charge in [-0.25, -0.2) is 0 Å². The number of hydrogen-bond donors (Lipinski definition) is 9. The fraction of sp³-hybridized carbons (Fsp3) is 1.00. The van der Waals surface area contributed by atoms with E-state index in [2.05, 4.69) is 0 Å². The van der Waals surface area contributed by atoms with E-state index >= 15 is 0 Å². The van der Waals surface area contributed by atoms with Crippen molar-refractivity contribution in [3.63, 3.8) is 0 Å². The van der Waals surface area contributed by atoms with E-state index in [0.717, 1.165) is 0 Å². The Bertz CT molecular complexity index is 594. The van der Waals surface area contributed by atoms with Gasteiger partial charge in [-0.1, -0.05) is 0 Å². The molecule has 32 heavy (non-hydrogen) atoms. The molecular weight excluding hydrogens is 440 g/mol. The van der Waals surface area contributed by atoms with Gasteiger partial charge in [0.1, 0.15) is 54.9 Å². The van der Waals surface area contributed by atoms with Crippen LogP contribution in [0.1, 0.15) is 13.3 Å². The zero-order valence-electron chi connectivity index (χ0n) is 17.3. The number of rotatable bonds is 6. The minimum atomic E-state index is -1.81. The Morgan fingerprint density at radius 2 is 1.22 bits per heavy atom. The molecule has 9 N–H and O–H groups in total. The lowest BCUT2D eigenvalue weighted by Gasteiger charge is -2.47. The molecular formula is C18H32O14. The van der Waals surface area contributed by atoms with Gasteiger partial charge in [-0.2, -0.15) is 0 Å². The molecule has 188 valence electrons. The van der Waals surface area contributed by atoms with Crippen LogP contribution >= 0.6 is 0 Å². The molecule has 3 saturated heterocycles. The number of aliphatic hydroxyl groups excluding tert-OH is 9. The first-order valence-electron chi connectivity index (χ1n) is 10.3. The predicted octanol–water partition coefficient (Wildman–Crippen LogP) is -5.52. The summed E-state index contributed by atoms with van der Waals surface area (Å²) < 4.78 is 27.0. The summed E-state index contributed by atoms with van der Waals surface area (Å²) in [7, 11) is 0. The maximum atomic E-state index is 10.6. The van der Waals surface area contributed by atoms with Crippen LogP contribution in [0, 0.1) is 0 Å². The van der Waals surface area contributed by atoms with Gasteiger partial charge in [-0.05, 0) is 6.92 Å². The topological polar surface area (TPSA) is 228 Å². The summed E-state index contributed by atoms with van der Waals surface area (Å²) in [6.07, 6.45) is -20.7. The number of aliphatic hydroxyl groups is 9. The molecule has 14 nitrogen and oxygen atoms in total. The Kier molecular flexibility index (Phi) is 8.79. The Morgan fingerprint density at radius 1 is 0.656 bits per heavy atom. The van der Waals surface area contributed by atoms with Crippen molar-refractivity contribution >= 4 is 0 Å². The van der Waals surface area contributed by atoms with E-state index in [1.165, 1.54) is 0 Å². The molecule has 14 atom stereocenters. The maximum Gasteiger partial charge on any atom is 0.187 e. The maximum absolute atomic E-state index is 10.6. The molecule has 0 bridgehead atoms. The average Bonchev–Trinajstić information content (AvgIpc) is 2.76. The summed E-state index contributed by atoms with van der Waals surface area (Å²) in [6.45, 7) is 0.177. The third-order valence-corrected chi connectivity index (χ3v) is 5.86. The van der Waals surface area contributed by atoms with E-state index in [-0.39, 0.29) is 6.42 Å². The first-order valence-corrected chi connectivity index (χ1v) is 10.3. The zero-order valence-corrected chi connectivity index (χ0v) is 17.3. The van der Waals surface area contributed by atoms with Crippen LogP contribution in [0.4, 0.5) is 0 Å². The van der Waals surface area contributed by atoms with Crippen molar-refractivity contribution < 1.29 is 69.6 Å². The van der Waals surface area contributed by atoms with Crippen molar-refractivity contribution in [2.45, 2.75) is 99.4 Å². The standard InChI is InChI=1S/C18H32O14/c1-5-2-6(21)9(22)17(28-5)32-15-14(11(24)8(4-20)29-16(15)27)31-18-13(26)12(25)10(23)7(3-19)30-18/h5-27H,2-4H2,1H3/t5-,6+,7+,8+,9-,10-,11-,12-,13+,14-,15+,16+,17-,18+/m0/s1. The molecule has 3 aliphatic rings. The molecule has 0 amide bonds. The quantitative estimate of drug-likeness (QED) is 0.176. The Balaban J connectivity index is 1.81. The summed E-state index contributed by atoms with van der Waals surface area (Å²) in [6, 6.07) is 0. The zero-order chi connectivity index (χ0) is 23.7. The van der Waals surface area contributed by atoms with Crippen molar-refractivity contribution in [3.8, 4) is 0 Å².